The zero-order valence-corrected chi connectivity index (χ0v) is 15.3. The van der Waals surface area contributed by atoms with E-state index in [1.807, 2.05) is 48.7 Å². The van der Waals surface area contributed by atoms with Crippen LogP contribution in [0.2, 0.25) is 0 Å². The molecule has 0 bridgehead atoms. The van der Waals surface area contributed by atoms with Gasteiger partial charge in [-0.1, -0.05) is 47.7 Å². The molecule has 0 spiro atoms. The van der Waals surface area contributed by atoms with Crippen molar-refractivity contribution in [2.75, 3.05) is 18.0 Å². The first-order valence-electron chi connectivity index (χ1n) is 8.63. The van der Waals surface area contributed by atoms with Gasteiger partial charge in [0.15, 0.2) is 6.19 Å². The van der Waals surface area contributed by atoms with Gasteiger partial charge >= 0.3 is 0 Å². The van der Waals surface area contributed by atoms with Crippen LogP contribution >= 0.6 is 11.3 Å². The Hall–Kier alpha value is -3.08. The first-order chi connectivity index (χ1) is 13.3. The second-order valence-corrected chi connectivity index (χ2v) is 7.31. The van der Waals surface area contributed by atoms with Gasteiger partial charge < -0.3 is 5.32 Å². The van der Waals surface area contributed by atoms with Crippen LogP contribution in [-0.2, 0) is 4.79 Å². The van der Waals surface area contributed by atoms with Crippen molar-refractivity contribution >= 4 is 22.4 Å². The number of nitrogens with one attached hydrogen (secondary N) is 1. The summed E-state index contributed by atoms with van der Waals surface area (Å²) in [6.07, 6.45) is 7.22. The van der Waals surface area contributed by atoms with Gasteiger partial charge in [-0.3, -0.25) is 9.78 Å². The number of thiazole rings is 1. The summed E-state index contributed by atoms with van der Waals surface area (Å²) < 4.78 is 0. The number of nitrogens with zero attached hydrogens (tertiary/aromatic N) is 4. The molecular formula is C20H17N5OS. The molecule has 0 radical (unpaired) electrons. The summed E-state index contributed by atoms with van der Waals surface area (Å²) >= 11 is 1.34. The van der Waals surface area contributed by atoms with Crippen molar-refractivity contribution in [2.24, 2.45) is 5.92 Å². The van der Waals surface area contributed by atoms with Crippen molar-refractivity contribution in [3.05, 3.63) is 66.6 Å². The first kappa shape index (κ1) is 17.3. The Bertz CT molecular complexity index is 967. The van der Waals surface area contributed by atoms with E-state index in [2.05, 4.69) is 15.3 Å². The lowest BCUT2D eigenvalue weighted by Gasteiger charge is -2.20. The SMILES string of the molecule is N#CN(C(=O)[C@@H]1CNC[C@H]1c1cccnc1)c1ncc(-c2ccccc2)s1. The molecule has 4 rings (SSSR count). The average Bonchev–Trinajstić information content (AvgIpc) is 3.40. The molecule has 1 aliphatic heterocycles. The Morgan fingerprint density at radius 1 is 1.19 bits per heavy atom. The van der Waals surface area contributed by atoms with E-state index in [1.165, 1.54) is 11.3 Å². The van der Waals surface area contributed by atoms with Gasteiger partial charge in [0.2, 0.25) is 11.0 Å². The second-order valence-electron chi connectivity index (χ2n) is 6.30. The molecule has 1 fully saturated rings. The fourth-order valence-corrected chi connectivity index (χ4v) is 4.22. The number of pyridine rings is 1. The summed E-state index contributed by atoms with van der Waals surface area (Å²) in [5.74, 6) is -0.557. The summed E-state index contributed by atoms with van der Waals surface area (Å²) in [5, 5.41) is 13.3. The minimum atomic E-state index is -0.321. The Kier molecular flexibility index (Phi) is 4.92. The minimum absolute atomic E-state index is 0.00407. The van der Waals surface area contributed by atoms with Gasteiger partial charge in [-0.05, 0) is 17.2 Å². The fraction of sp³-hybridized carbons (Fsp3) is 0.200. The lowest BCUT2D eigenvalue weighted by Crippen LogP contribution is -2.35. The molecule has 0 saturated carbocycles. The number of hydrogen-bond acceptors (Lipinski definition) is 6. The number of amides is 1. The molecule has 1 aliphatic rings. The molecule has 2 aromatic heterocycles. The molecule has 3 heterocycles. The monoisotopic (exact) mass is 375 g/mol. The molecule has 0 unspecified atom stereocenters. The van der Waals surface area contributed by atoms with Crippen LogP contribution in [0.25, 0.3) is 10.4 Å². The molecule has 134 valence electrons. The predicted octanol–water partition coefficient (Wildman–Crippen LogP) is 3.02. The van der Waals surface area contributed by atoms with Gasteiger partial charge in [0.25, 0.3) is 0 Å². The Morgan fingerprint density at radius 3 is 2.78 bits per heavy atom. The maximum atomic E-state index is 13.1. The number of nitriles is 1. The largest absolute Gasteiger partial charge is 0.315 e. The molecular weight excluding hydrogens is 358 g/mol. The highest BCUT2D eigenvalue weighted by molar-refractivity contribution is 7.19. The first-order valence-corrected chi connectivity index (χ1v) is 9.45. The van der Waals surface area contributed by atoms with Gasteiger partial charge in [0.05, 0.1) is 10.8 Å². The van der Waals surface area contributed by atoms with E-state index in [1.54, 1.807) is 18.6 Å². The molecule has 7 heteroatoms. The van der Waals surface area contributed by atoms with E-state index in [9.17, 15) is 10.1 Å². The van der Waals surface area contributed by atoms with Crippen LogP contribution in [0, 0.1) is 17.4 Å². The van der Waals surface area contributed by atoms with E-state index in [0.29, 0.717) is 18.2 Å². The third kappa shape index (κ3) is 3.45. The van der Waals surface area contributed by atoms with E-state index in [4.69, 9.17) is 0 Å². The zero-order chi connectivity index (χ0) is 18.6. The van der Waals surface area contributed by atoms with Crippen molar-refractivity contribution in [3.63, 3.8) is 0 Å². The quantitative estimate of drug-likeness (QED) is 0.560. The highest BCUT2D eigenvalue weighted by atomic mass is 32.1. The summed E-state index contributed by atoms with van der Waals surface area (Å²) in [7, 11) is 0. The molecule has 0 aliphatic carbocycles. The lowest BCUT2D eigenvalue weighted by molar-refractivity contribution is -0.121. The van der Waals surface area contributed by atoms with Crippen LogP contribution in [0.5, 0.6) is 0 Å². The molecule has 1 saturated heterocycles. The van der Waals surface area contributed by atoms with Gasteiger partial charge in [-0.25, -0.2) is 4.98 Å². The lowest BCUT2D eigenvalue weighted by atomic mass is 9.89. The van der Waals surface area contributed by atoms with Crippen molar-refractivity contribution in [1.29, 1.82) is 5.26 Å². The van der Waals surface area contributed by atoms with Gasteiger partial charge in [-0.2, -0.15) is 10.2 Å². The maximum absolute atomic E-state index is 13.1. The number of carbonyl (C=O) groups excluding carboxylic acids is 1. The Morgan fingerprint density at radius 2 is 2.04 bits per heavy atom. The number of anilines is 1. The van der Waals surface area contributed by atoms with Crippen LogP contribution in [0.4, 0.5) is 5.13 Å². The van der Waals surface area contributed by atoms with E-state index >= 15 is 0 Å². The highest BCUT2D eigenvalue weighted by Crippen LogP contribution is 2.34. The normalized spacial score (nSPS) is 18.8. The van der Waals surface area contributed by atoms with Gasteiger partial charge in [0, 0.05) is 37.6 Å². The molecule has 6 nitrogen and oxygen atoms in total. The smallest absolute Gasteiger partial charge is 0.247 e. The van der Waals surface area contributed by atoms with Crippen molar-refractivity contribution in [3.8, 4) is 16.6 Å². The van der Waals surface area contributed by atoms with Crippen LogP contribution in [0.1, 0.15) is 11.5 Å². The molecule has 1 amide bonds. The molecule has 1 aromatic carbocycles. The summed E-state index contributed by atoms with van der Waals surface area (Å²) in [5.41, 5.74) is 2.02. The number of hydrogen-bond donors (Lipinski definition) is 1. The van der Waals surface area contributed by atoms with Gasteiger partial charge in [0.1, 0.15) is 0 Å². The Labute approximate surface area is 161 Å². The summed E-state index contributed by atoms with van der Waals surface area (Å²) in [4.78, 5) is 23.6. The van der Waals surface area contributed by atoms with Crippen LogP contribution in [0.3, 0.4) is 0 Å². The number of benzene rings is 1. The van der Waals surface area contributed by atoms with E-state index in [0.717, 1.165) is 20.9 Å². The molecule has 2 atom stereocenters. The topological polar surface area (TPSA) is 81.9 Å². The second kappa shape index (κ2) is 7.66. The van der Waals surface area contributed by atoms with Gasteiger partial charge in [-0.15, -0.1) is 0 Å². The fourth-order valence-electron chi connectivity index (χ4n) is 3.34. The third-order valence-electron chi connectivity index (χ3n) is 4.71. The van der Waals surface area contributed by atoms with Crippen molar-refractivity contribution < 1.29 is 4.79 Å². The zero-order valence-electron chi connectivity index (χ0n) is 14.4. The minimum Gasteiger partial charge on any atom is -0.315 e. The van der Waals surface area contributed by atoms with E-state index < -0.39 is 0 Å². The van der Waals surface area contributed by atoms with E-state index in [-0.39, 0.29) is 17.7 Å². The van der Waals surface area contributed by atoms with Crippen LogP contribution < -0.4 is 10.2 Å². The molecule has 1 N–H and O–H groups in total. The van der Waals surface area contributed by atoms with Crippen LogP contribution in [-0.4, -0.2) is 29.0 Å². The number of rotatable bonds is 4. The average molecular weight is 375 g/mol. The molecule has 27 heavy (non-hydrogen) atoms. The molecule has 3 aromatic rings. The highest BCUT2D eigenvalue weighted by Gasteiger charge is 2.38. The van der Waals surface area contributed by atoms with Crippen molar-refractivity contribution in [1.82, 2.24) is 15.3 Å². The summed E-state index contributed by atoms with van der Waals surface area (Å²) in [6, 6.07) is 13.6. The maximum Gasteiger partial charge on any atom is 0.247 e. The Balaban J connectivity index is 1.59. The third-order valence-corrected chi connectivity index (χ3v) is 5.74. The summed E-state index contributed by atoms with van der Waals surface area (Å²) in [6.45, 7) is 1.22. The van der Waals surface area contributed by atoms with Crippen LogP contribution in [0.15, 0.2) is 61.1 Å². The predicted molar refractivity (Wildman–Crippen MR) is 104 cm³/mol. The number of carbonyl (C=O) groups is 1. The standard InChI is InChI=1S/C20H17N5OS/c21-13-25(20-24-12-18(27-20)14-5-2-1-3-6-14)19(26)17-11-23-10-16(17)15-7-4-8-22-9-15/h1-9,12,16-17,23H,10-11H2/t16-,17+/m0/s1. The van der Waals surface area contributed by atoms with Crippen molar-refractivity contribution in [2.45, 2.75) is 5.92 Å². The number of aromatic nitrogens is 2.